The van der Waals surface area contributed by atoms with Crippen LogP contribution in [0.5, 0.6) is 0 Å². The molecule has 0 spiro atoms. The van der Waals surface area contributed by atoms with Crippen molar-refractivity contribution in [1.29, 1.82) is 0 Å². The van der Waals surface area contributed by atoms with Crippen LogP contribution in [0.2, 0.25) is 0 Å². The first-order valence-corrected chi connectivity index (χ1v) is 5.34. The molecule has 0 saturated carbocycles. The van der Waals surface area contributed by atoms with Gasteiger partial charge in [0.25, 0.3) is 5.91 Å². The number of aromatic nitrogens is 1. The van der Waals surface area contributed by atoms with Crippen molar-refractivity contribution in [2.45, 2.75) is 19.9 Å². The predicted octanol–water partition coefficient (Wildman–Crippen LogP) is 1.09. The lowest BCUT2D eigenvalue weighted by atomic mass is 10.2. The Bertz CT molecular complexity index is 349. The second-order valence-corrected chi connectivity index (χ2v) is 3.74. The number of nitrogens with zero attached hydrogens (tertiary/aromatic N) is 1. The van der Waals surface area contributed by atoms with E-state index in [0.29, 0.717) is 24.5 Å². The number of carbonyl (C=O) groups is 1. The molecule has 1 unspecified atom stereocenters. The number of likely N-dealkylation sites (N-methyl/N-ethyl adjacent to an activating group) is 1. The molecule has 0 aliphatic heterocycles. The van der Waals surface area contributed by atoms with Crippen molar-refractivity contribution in [1.82, 2.24) is 9.88 Å². The van der Waals surface area contributed by atoms with Crippen molar-refractivity contribution in [2.75, 3.05) is 26.0 Å². The van der Waals surface area contributed by atoms with Crippen LogP contribution in [0.4, 0.5) is 5.69 Å². The summed E-state index contributed by atoms with van der Waals surface area (Å²) in [6.07, 6.45) is 1.61. The molecular weight excluding hydrogens is 206 g/mol. The minimum Gasteiger partial charge on any atom is -0.397 e. The van der Waals surface area contributed by atoms with Gasteiger partial charge in [-0.05, 0) is 19.9 Å². The maximum absolute atomic E-state index is 12.1. The van der Waals surface area contributed by atoms with E-state index in [1.807, 2.05) is 13.8 Å². The van der Waals surface area contributed by atoms with E-state index < -0.39 is 0 Å². The van der Waals surface area contributed by atoms with Gasteiger partial charge in [0.2, 0.25) is 0 Å². The maximum Gasteiger partial charge on any atom is 0.270 e. The van der Waals surface area contributed by atoms with Crippen LogP contribution >= 0.6 is 0 Å². The van der Waals surface area contributed by atoms with Gasteiger partial charge < -0.3 is 20.4 Å². The summed E-state index contributed by atoms with van der Waals surface area (Å²) in [4.78, 5) is 16.7. The molecule has 0 fully saturated rings. The number of methoxy groups -OCH3 is 1. The van der Waals surface area contributed by atoms with E-state index in [9.17, 15) is 4.79 Å². The van der Waals surface area contributed by atoms with E-state index in [4.69, 9.17) is 10.5 Å². The Hall–Kier alpha value is -1.49. The molecule has 1 amide bonds. The number of carbonyl (C=O) groups excluding carboxylic acids is 1. The normalized spacial score (nSPS) is 12.4. The summed E-state index contributed by atoms with van der Waals surface area (Å²) in [6, 6.07) is 1.69. The van der Waals surface area contributed by atoms with E-state index >= 15 is 0 Å². The highest BCUT2D eigenvalue weighted by atomic mass is 16.5. The van der Waals surface area contributed by atoms with E-state index in [1.165, 1.54) is 0 Å². The molecular formula is C11H19N3O2. The summed E-state index contributed by atoms with van der Waals surface area (Å²) in [5.74, 6) is -0.0521. The third-order valence-corrected chi connectivity index (χ3v) is 2.48. The first kappa shape index (κ1) is 12.6. The molecule has 0 aliphatic carbocycles. The maximum atomic E-state index is 12.1. The van der Waals surface area contributed by atoms with Crippen molar-refractivity contribution in [3.8, 4) is 0 Å². The SMILES string of the molecule is CCN(C(=O)c1cc(N)c[nH]1)C(C)COC. The quantitative estimate of drug-likeness (QED) is 0.788. The largest absolute Gasteiger partial charge is 0.397 e. The molecule has 16 heavy (non-hydrogen) atoms. The van der Waals surface area contributed by atoms with Crippen molar-refractivity contribution >= 4 is 11.6 Å². The van der Waals surface area contributed by atoms with Gasteiger partial charge in [-0.1, -0.05) is 0 Å². The Morgan fingerprint density at radius 2 is 2.38 bits per heavy atom. The van der Waals surface area contributed by atoms with Gasteiger partial charge >= 0.3 is 0 Å². The number of nitrogens with two attached hydrogens (primary N) is 1. The molecule has 0 saturated heterocycles. The highest BCUT2D eigenvalue weighted by molar-refractivity contribution is 5.93. The summed E-state index contributed by atoms with van der Waals surface area (Å²) in [7, 11) is 1.63. The van der Waals surface area contributed by atoms with Crippen LogP contribution < -0.4 is 5.73 Å². The van der Waals surface area contributed by atoms with Gasteiger partial charge in [0, 0.05) is 25.5 Å². The number of ether oxygens (including phenoxy) is 1. The number of nitrogen functional groups attached to an aromatic ring is 1. The van der Waals surface area contributed by atoms with Gasteiger partial charge in [-0.2, -0.15) is 0 Å². The fraction of sp³-hybridized carbons (Fsp3) is 0.545. The standard InChI is InChI=1S/C11H19N3O2/c1-4-14(8(2)7-16-3)11(15)10-5-9(12)6-13-10/h5-6,8,13H,4,7,12H2,1-3H3. The Balaban J connectivity index is 2.77. The van der Waals surface area contributed by atoms with Crippen LogP contribution in [0, 0.1) is 0 Å². The number of hydrogen-bond acceptors (Lipinski definition) is 3. The number of anilines is 1. The summed E-state index contributed by atoms with van der Waals surface area (Å²) in [5.41, 5.74) is 6.65. The third-order valence-electron chi connectivity index (χ3n) is 2.48. The van der Waals surface area contributed by atoms with Gasteiger partial charge in [0.15, 0.2) is 0 Å². The average molecular weight is 225 g/mol. The number of hydrogen-bond donors (Lipinski definition) is 2. The van der Waals surface area contributed by atoms with Crippen molar-refractivity contribution < 1.29 is 9.53 Å². The molecule has 3 N–H and O–H groups in total. The minimum atomic E-state index is -0.0521. The van der Waals surface area contributed by atoms with Gasteiger partial charge in [0.1, 0.15) is 5.69 Å². The molecule has 5 heteroatoms. The zero-order chi connectivity index (χ0) is 12.1. The lowest BCUT2D eigenvalue weighted by Crippen LogP contribution is -2.41. The average Bonchev–Trinajstić information content (AvgIpc) is 2.66. The molecule has 1 aromatic heterocycles. The fourth-order valence-electron chi connectivity index (χ4n) is 1.68. The van der Waals surface area contributed by atoms with Crippen LogP contribution in [0.1, 0.15) is 24.3 Å². The third kappa shape index (κ3) is 2.76. The van der Waals surface area contributed by atoms with Crippen LogP contribution in [-0.2, 0) is 4.74 Å². The van der Waals surface area contributed by atoms with Gasteiger partial charge in [-0.15, -0.1) is 0 Å². The van der Waals surface area contributed by atoms with Crippen LogP contribution in [0.15, 0.2) is 12.3 Å². The van der Waals surface area contributed by atoms with E-state index in [2.05, 4.69) is 4.98 Å². The fourth-order valence-corrected chi connectivity index (χ4v) is 1.68. The van der Waals surface area contributed by atoms with Crippen LogP contribution in [0.25, 0.3) is 0 Å². The minimum absolute atomic E-state index is 0.0482. The van der Waals surface area contributed by atoms with Gasteiger partial charge in [0.05, 0.1) is 12.6 Å². The Morgan fingerprint density at radius 1 is 1.69 bits per heavy atom. The second kappa shape index (κ2) is 5.55. The number of rotatable bonds is 5. The molecule has 1 heterocycles. The van der Waals surface area contributed by atoms with E-state index in [0.717, 1.165) is 0 Å². The Kier molecular flexibility index (Phi) is 4.37. The Labute approximate surface area is 95.6 Å². The monoisotopic (exact) mass is 225 g/mol. The second-order valence-electron chi connectivity index (χ2n) is 3.74. The van der Waals surface area contributed by atoms with Crippen molar-refractivity contribution in [3.05, 3.63) is 18.0 Å². The smallest absolute Gasteiger partial charge is 0.270 e. The van der Waals surface area contributed by atoms with Gasteiger partial charge in [-0.3, -0.25) is 4.79 Å². The molecule has 0 aromatic carbocycles. The van der Waals surface area contributed by atoms with Crippen molar-refractivity contribution in [2.24, 2.45) is 0 Å². The molecule has 1 rings (SSSR count). The molecule has 1 aromatic rings. The Morgan fingerprint density at radius 3 is 2.81 bits per heavy atom. The lowest BCUT2D eigenvalue weighted by molar-refractivity contribution is 0.0574. The highest BCUT2D eigenvalue weighted by Gasteiger charge is 2.20. The molecule has 0 aliphatic rings. The summed E-state index contributed by atoms with van der Waals surface area (Å²) in [6.45, 7) is 5.06. The first-order valence-electron chi connectivity index (χ1n) is 5.34. The number of H-pyrrole nitrogens is 1. The predicted molar refractivity (Wildman–Crippen MR) is 63.3 cm³/mol. The number of nitrogens with one attached hydrogen (secondary N) is 1. The number of amides is 1. The van der Waals surface area contributed by atoms with E-state index in [-0.39, 0.29) is 11.9 Å². The first-order chi connectivity index (χ1) is 7.60. The van der Waals surface area contributed by atoms with Crippen LogP contribution in [0.3, 0.4) is 0 Å². The highest BCUT2D eigenvalue weighted by Crippen LogP contribution is 2.10. The molecule has 5 nitrogen and oxygen atoms in total. The summed E-state index contributed by atoms with van der Waals surface area (Å²) in [5, 5.41) is 0. The van der Waals surface area contributed by atoms with Crippen LogP contribution in [-0.4, -0.2) is 42.1 Å². The molecule has 0 radical (unpaired) electrons. The van der Waals surface area contributed by atoms with E-state index in [1.54, 1.807) is 24.3 Å². The summed E-state index contributed by atoms with van der Waals surface area (Å²) < 4.78 is 5.05. The number of aromatic amines is 1. The lowest BCUT2D eigenvalue weighted by Gasteiger charge is -2.27. The van der Waals surface area contributed by atoms with Gasteiger partial charge in [-0.25, -0.2) is 0 Å². The molecule has 0 bridgehead atoms. The van der Waals surface area contributed by atoms with Crippen molar-refractivity contribution in [3.63, 3.8) is 0 Å². The summed E-state index contributed by atoms with van der Waals surface area (Å²) >= 11 is 0. The zero-order valence-corrected chi connectivity index (χ0v) is 9.99. The molecule has 1 atom stereocenters. The molecule has 90 valence electrons. The topological polar surface area (TPSA) is 71.3 Å². The zero-order valence-electron chi connectivity index (χ0n) is 9.99.